The van der Waals surface area contributed by atoms with Crippen molar-refractivity contribution in [2.45, 2.75) is 12.2 Å². The molecule has 1 aliphatic rings. The Balaban J connectivity index is 2.35. The van der Waals surface area contributed by atoms with Crippen molar-refractivity contribution in [3.63, 3.8) is 0 Å². The first-order valence-corrected chi connectivity index (χ1v) is 5.95. The van der Waals surface area contributed by atoms with Crippen molar-refractivity contribution in [1.82, 2.24) is 0 Å². The van der Waals surface area contributed by atoms with Crippen molar-refractivity contribution in [2.75, 3.05) is 11.5 Å². The second-order valence-electron chi connectivity index (χ2n) is 2.06. The van der Waals surface area contributed by atoms with Crippen molar-refractivity contribution in [3.05, 3.63) is 0 Å². The van der Waals surface area contributed by atoms with Crippen LogP contribution in [0.1, 0.15) is 0 Å². The van der Waals surface area contributed by atoms with Gasteiger partial charge in [0.05, 0.1) is 0 Å². The van der Waals surface area contributed by atoms with E-state index in [1.54, 1.807) is 21.6 Å². The molecule has 0 aliphatic carbocycles. The fraction of sp³-hybridized carbons (Fsp3) is 0.800. The Morgan fingerprint density at radius 1 is 1.55 bits per heavy atom. The molecule has 1 N–H and O–H groups in total. The van der Waals surface area contributed by atoms with Crippen LogP contribution in [0.25, 0.3) is 0 Å². The standard InChI is InChI=1S/C5H8O3S3/c6-3-1-10-11-2-4(3)8-5(7)9/h3-4,6H,1-2H2,(H,7,9)/t3-,4-/m0/s1. The van der Waals surface area contributed by atoms with Crippen molar-refractivity contribution < 1.29 is 14.6 Å². The number of rotatable bonds is 1. The highest BCUT2D eigenvalue weighted by Gasteiger charge is 2.26. The van der Waals surface area contributed by atoms with E-state index >= 15 is 0 Å². The highest BCUT2D eigenvalue weighted by atomic mass is 33.1. The maximum Gasteiger partial charge on any atom is 0.364 e. The van der Waals surface area contributed by atoms with Gasteiger partial charge in [0.25, 0.3) is 0 Å². The lowest BCUT2D eigenvalue weighted by Crippen LogP contribution is -2.36. The van der Waals surface area contributed by atoms with Gasteiger partial charge < -0.3 is 9.84 Å². The van der Waals surface area contributed by atoms with E-state index in [1.165, 1.54) is 0 Å². The molecule has 11 heavy (non-hydrogen) atoms. The van der Waals surface area contributed by atoms with Crippen LogP contribution >= 0.6 is 34.2 Å². The lowest BCUT2D eigenvalue weighted by molar-refractivity contribution is 0.0396. The van der Waals surface area contributed by atoms with Gasteiger partial charge >= 0.3 is 5.30 Å². The molecule has 1 saturated heterocycles. The highest BCUT2D eigenvalue weighted by Crippen LogP contribution is 2.31. The third kappa shape index (κ3) is 3.14. The Kier molecular flexibility index (Phi) is 3.91. The summed E-state index contributed by atoms with van der Waals surface area (Å²) in [5, 5.41) is 8.65. The first-order valence-electron chi connectivity index (χ1n) is 3.02. The van der Waals surface area contributed by atoms with Gasteiger partial charge in [-0.15, -0.1) is 0 Å². The van der Waals surface area contributed by atoms with Crippen LogP contribution in [-0.4, -0.2) is 34.1 Å². The molecule has 0 aromatic carbocycles. The molecule has 64 valence electrons. The summed E-state index contributed by atoms with van der Waals surface area (Å²) in [6.45, 7) is 0. The molecule has 1 heterocycles. The molecule has 0 aromatic rings. The molecular formula is C5H8O3S3. The maximum atomic E-state index is 10.4. The summed E-state index contributed by atoms with van der Waals surface area (Å²) in [7, 11) is 3.18. The van der Waals surface area contributed by atoms with Gasteiger partial charge in [0.15, 0.2) is 0 Å². The van der Waals surface area contributed by atoms with Gasteiger partial charge in [0, 0.05) is 11.5 Å². The quantitative estimate of drug-likeness (QED) is 0.388. The molecule has 6 heteroatoms. The van der Waals surface area contributed by atoms with Crippen LogP contribution in [0.4, 0.5) is 4.79 Å². The second-order valence-corrected chi connectivity index (χ2v) is 4.98. The van der Waals surface area contributed by atoms with E-state index in [0.717, 1.165) is 0 Å². The molecule has 3 nitrogen and oxygen atoms in total. The average Bonchev–Trinajstić information content (AvgIpc) is 1.93. The maximum absolute atomic E-state index is 10.4. The monoisotopic (exact) mass is 212 g/mol. The molecule has 0 bridgehead atoms. The van der Waals surface area contributed by atoms with Crippen LogP contribution in [0, 0.1) is 0 Å². The van der Waals surface area contributed by atoms with Crippen LogP contribution in [0.3, 0.4) is 0 Å². The number of carbonyl (C=O) groups is 1. The molecule has 1 rings (SSSR count). The summed E-state index contributed by atoms with van der Waals surface area (Å²) in [6.07, 6.45) is -0.927. The Morgan fingerprint density at radius 2 is 2.18 bits per heavy atom. The number of hydrogen-bond donors (Lipinski definition) is 2. The van der Waals surface area contributed by atoms with Gasteiger partial charge in [-0.3, -0.25) is 0 Å². The van der Waals surface area contributed by atoms with Crippen LogP contribution in [0.5, 0.6) is 0 Å². The number of hydrogen-bond acceptors (Lipinski definition) is 5. The normalized spacial score (nSPS) is 31.5. The predicted molar refractivity (Wildman–Crippen MR) is 50.2 cm³/mol. The van der Waals surface area contributed by atoms with Crippen molar-refractivity contribution in [2.24, 2.45) is 0 Å². The van der Waals surface area contributed by atoms with Gasteiger partial charge in [0.2, 0.25) is 0 Å². The Bertz CT molecular complexity index is 152. The number of aliphatic hydroxyl groups is 1. The third-order valence-electron chi connectivity index (χ3n) is 1.24. The number of thiol groups is 1. The summed E-state index contributed by atoms with van der Waals surface area (Å²) in [5.74, 6) is 1.24. The van der Waals surface area contributed by atoms with Crippen molar-refractivity contribution >= 4 is 39.5 Å². The van der Waals surface area contributed by atoms with Gasteiger partial charge in [-0.2, -0.15) is 0 Å². The largest absolute Gasteiger partial charge is 0.451 e. The van der Waals surface area contributed by atoms with Crippen LogP contribution < -0.4 is 0 Å². The molecule has 1 aliphatic heterocycles. The minimum Gasteiger partial charge on any atom is -0.451 e. The van der Waals surface area contributed by atoms with E-state index in [0.29, 0.717) is 11.5 Å². The first kappa shape index (κ1) is 9.57. The zero-order valence-electron chi connectivity index (χ0n) is 5.60. The van der Waals surface area contributed by atoms with Crippen molar-refractivity contribution in [3.8, 4) is 0 Å². The van der Waals surface area contributed by atoms with E-state index in [1.807, 2.05) is 0 Å². The van der Waals surface area contributed by atoms with E-state index < -0.39 is 11.4 Å². The number of carbonyl (C=O) groups excluding carboxylic acids is 1. The third-order valence-corrected chi connectivity index (χ3v) is 3.77. The summed E-state index contributed by atoms with van der Waals surface area (Å²) in [5.41, 5.74) is 0. The summed E-state index contributed by atoms with van der Waals surface area (Å²) in [6, 6.07) is 0. The lowest BCUT2D eigenvalue weighted by Gasteiger charge is -2.25. The fourth-order valence-electron chi connectivity index (χ4n) is 0.693. The summed E-state index contributed by atoms with van der Waals surface area (Å²) in [4.78, 5) is 10.4. The number of ether oxygens (including phenoxy) is 1. The molecule has 2 atom stereocenters. The van der Waals surface area contributed by atoms with E-state index in [2.05, 4.69) is 12.6 Å². The Morgan fingerprint density at radius 3 is 2.73 bits per heavy atom. The minimum absolute atomic E-state index is 0.383. The molecule has 0 aromatic heterocycles. The van der Waals surface area contributed by atoms with Gasteiger partial charge in [-0.1, -0.05) is 34.2 Å². The molecule has 0 spiro atoms. The molecule has 1 fully saturated rings. The van der Waals surface area contributed by atoms with Crippen molar-refractivity contribution in [1.29, 1.82) is 0 Å². The highest BCUT2D eigenvalue weighted by molar-refractivity contribution is 8.76. The van der Waals surface area contributed by atoms with E-state index in [9.17, 15) is 9.90 Å². The zero-order chi connectivity index (χ0) is 8.27. The first-order chi connectivity index (χ1) is 5.20. The van der Waals surface area contributed by atoms with Gasteiger partial charge in [0.1, 0.15) is 12.2 Å². The average molecular weight is 212 g/mol. The van der Waals surface area contributed by atoms with Gasteiger partial charge in [-0.25, -0.2) is 4.79 Å². The van der Waals surface area contributed by atoms with Crippen LogP contribution in [-0.2, 0) is 4.74 Å². The molecular weight excluding hydrogens is 204 g/mol. The molecule has 0 saturated carbocycles. The summed E-state index contributed by atoms with van der Waals surface area (Å²) < 4.78 is 4.74. The topological polar surface area (TPSA) is 46.5 Å². The molecule has 0 unspecified atom stereocenters. The smallest absolute Gasteiger partial charge is 0.364 e. The van der Waals surface area contributed by atoms with Crippen LogP contribution in [0.2, 0.25) is 0 Å². The zero-order valence-corrected chi connectivity index (χ0v) is 8.12. The van der Waals surface area contributed by atoms with Crippen LogP contribution in [0.15, 0.2) is 0 Å². The molecule has 0 amide bonds. The predicted octanol–water partition coefficient (Wildman–Crippen LogP) is 1.18. The second kappa shape index (κ2) is 4.49. The Hall–Kier alpha value is 0.480. The van der Waals surface area contributed by atoms with E-state index in [4.69, 9.17) is 4.74 Å². The molecule has 0 radical (unpaired) electrons. The lowest BCUT2D eigenvalue weighted by atomic mass is 10.2. The summed E-state index contributed by atoms with van der Waals surface area (Å²) >= 11 is 3.46. The minimum atomic E-state index is -0.624. The SMILES string of the molecule is O=C(S)O[C@H]1CSSC[C@@H]1O. The van der Waals surface area contributed by atoms with Gasteiger partial charge in [-0.05, 0) is 0 Å². The fourth-order valence-corrected chi connectivity index (χ4v) is 3.20. The Labute approximate surface area is 78.1 Å². The number of aliphatic hydroxyl groups excluding tert-OH is 1. The van der Waals surface area contributed by atoms with E-state index in [-0.39, 0.29) is 6.10 Å².